The van der Waals surface area contributed by atoms with Crippen LogP contribution in [-0.4, -0.2) is 4.92 Å². The molecule has 1 aromatic carbocycles. The molecule has 1 aliphatic heterocycles. The third-order valence-electron chi connectivity index (χ3n) is 3.48. The largest absolute Gasteiger partial charge is 1.00 e. The number of aryl methyl sites for hydroxylation is 1. The Morgan fingerprint density at radius 1 is 1.16 bits per heavy atom. The van der Waals surface area contributed by atoms with Crippen molar-refractivity contribution in [2.75, 3.05) is 0 Å². The Morgan fingerprint density at radius 2 is 1.89 bits per heavy atom. The van der Waals surface area contributed by atoms with Crippen LogP contribution in [0.1, 0.15) is 23.7 Å². The van der Waals surface area contributed by atoms with E-state index in [9.17, 15) is 10.1 Å². The first-order valence-electron chi connectivity index (χ1n) is 5.99. The number of nitrogens with zero attached hydrogens (tertiary/aromatic N) is 2. The zero-order chi connectivity index (χ0) is 12.5. The van der Waals surface area contributed by atoms with Crippen molar-refractivity contribution in [3.63, 3.8) is 0 Å². The van der Waals surface area contributed by atoms with E-state index in [1.807, 2.05) is 24.3 Å². The molecule has 0 N–H and O–H groups in total. The monoisotopic (exact) mass is 276 g/mol. The molecular weight excluding hydrogens is 264 g/mol. The number of aromatic nitrogens is 1. The quantitative estimate of drug-likeness (QED) is 0.419. The molecule has 0 saturated carbocycles. The third-order valence-corrected chi connectivity index (χ3v) is 3.48. The van der Waals surface area contributed by atoms with Crippen molar-refractivity contribution in [2.45, 2.75) is 18.9 Å². The lowest BCUT2D eigenvalue weighted by atomic mass is 10.0. The van der Waals surface area contributed by atoms with Gasteiger partial charge in [0.25, 0.3) is 5.69 Å². The number of nitro groups is 1. The highest BCUT2D eigenvalue weighted by Gasteiger charge is 2.31. The van der Waals surface area contributed by atoms with E-state index in [4.69, 9.17) is 0 Å². The maximum absolute atomic E-state index is 10.6. The SMILES string of the molecule is O=[N+]([O-])c1ccc([C@@H]2CCc3cccc[n+]32)cc1.[Cl-]. The lowest BCUT2D eigenvalue weighted by Crippen LogP contribution is -3.00. The first kappa shape index (κ1) is 13.5. The molecular formula is C14H13ClN2O2. The zero-order valence-electron chi connectivity index (χ0n) is 10.2. The van der Waals surface area contributed by atoms with Crippen molar-refractivity contribution in [2.24, 2.45) is 0 Å². The van der Waals surface area contributed by atoms with Gasteiger partial charge in [0.15, 0.2) is 17.9 Å². The van der Waals surface area contributed by atoms with Gasteiger partial charge >= 0.3 is 0 Å². The van der Waals surface area contributed by atoms with Crippen LogP contribution in [0, 0.1) is 10.1 Å². The van der Waals surface area contributed by atoms with E-state index in [1.54, 1.807) is 12.1 Å². The number of nitro benzene ring substituents is 1. The van der Waals surface area contributed by atoms with Crippen LogP contribution in [0.3, 0.4) is 0 Å². The minimum absolute atomic E-state index is 0. The molecule has 1 atom stereocenters. The molecule has 5 heteroatoms. The second-order valence-electron chi connectivity index (χ2n) is 4.50. The summed E-state index contributed by atoms with van der Waals surface area (Å²) >= 11 is 0. The van der Waals surface area contributed by atoms with Crippen molar-refractivity contribution >= 4 is 5.69 Å². The highest BCUT2D eigenvalue weighted by atomic mass is 35.5. The number of hydrogen-bond donors (Lipinski definition) is 0. The summed E-state index contributed by atoms with van der Waals surface area (Å²) in [5, 5.41) is 10.6. The highest BCUT2D eigenvalue weighted by Crippen LogP contribution is 2.25. The Bertz CT molecular complexity index is 599. The molecule has 4 nitrogen and oxygen atoms in total. The molecule has 98 valence electrons. The summed E-state index contributed by atoms with van der Waals surface area (Å²) in [5.74, 6) is 0. The fourth-order valence-electron chi connectivity index (χ4n) is 2.58. The Balaban J connectivity index is 0.00000133. The van der Waals surface area contributed by atoms with Crippen molar-refractivity contribution in [1.82, 2.24) is 0 Å². The van der Waals surface area contributed by atoms with Crippen LogP contribution in [0.15, 0.2) is 48.7 Å². The van der Waals surface area contributed by atoms with Gasteiger partial charge in [0.2, 0.25) is 0 Å². The standard InChI is InChI=1S/C14H13N2O2.ClH/c17-16(18)13-6-4-11(5-7-13)14-9-8-12-3-1-2-10-15(12)14;/h1-7,10,14H,8-9H2;1H/q+1;/p-1/t14-;/m0./s1. The van der Waals surface area contributed by atoms with Gasteiger partial charge in [-0.05, 0) is 12.1 Å². The van der Waals surface area contributed by atoms with E-state index in [-0.39, 0.29) is 23.0 Å². The van der Waals surface area contributed by atoms with E-state index in [0.29, 0.717) is 6.04 Å². The van der Waals surface area contributed by atoms with Gasteiger partial charge in [0, 0.05) is 42.7 Å². The summed E-state index contributed by atoms with van der Waals surface area (Å²) in [7, 11) is 0. The number of hydrogen-bond acceptors (Lipinski definition) is 2. The van der Waals surface area contributed by atoms with Crippen molar-refractivity contribution in [3.05, 3.63) is 70.0 Å². The van der Waals surface area contributed by atoms with Gasteiger partial charge in [-0.3, -0.25) is 10.1 Å². The average molecular weight is 277 g/mol. The Morgan fingerprint density at radius 3 is 2.58 bits per heavy atom. The zero-order valence-corrected chi connectivity index (χ0v) is 11.0. The number of pyridine rings is 1. The minimum Gasteiger partial charge on any atom is -1.00 e. The summed E-state index contributed by atoms with van der Waals surface area (Å²) in [6.07, 6.45) is 4.19. The van der Waals surface area contributed by atoms with Gasteiger partial charge < -0.3 is 12.4 Å². The average Bonchev–Trinajstić information content (AvgIpc) is 2.82. The predicted octanol–water partition coefficient (Wildman–Crippen LogP) is -0.578. The molecule has 0 saturated heterocycles. The molecule has 1 aliphatic rings. The number of rotatable bonds is 2. The maximum atomic E-state index is 10.6. The summed E-state index contributed by atoms with van der Waals surface area (Å²) in [6, 6.07) is 13.4. The second-order valence-corrected chi connectivity index (χ2v) is 4.50. The molecule has 0 fully saturated rings. The first-order valence-corrected chi connectivity index (χ1v) is 5.99. The fraction of sp³-hybridized carbons (Fsp3) is 0.214. The Labute approximate surface area is 117 Å². The highest BCUT2D eigenvalue weighted by molar-refractivity contribution is 5.34. The van der Waals surface area contributed by atoms with E-state index in [1.165, 1.54) is 5.69 Å². The van der Waals surface area contributed by atoms with Crippen LogP contribution in [0.2, 0.25) is 0 Å². The number of benzene rings is 1. The molecule has 2 heterocycles. The second kappa shape index (κ2) is 5.36. The van der Waals surface area contributed by atoms with Crippen LogP contribution in [0.4, 0.5) is 5.69 Å². The molecule has 2 aromatic rings. The topological polar surface area (TPSA) is 47.0 Å². The molecule has 19 heavy (non-hydrogen) atoms. The van der Waals surface area contributed by atoms with E-state index in [2.05, 4.69) is 16.8 Å². The number of halogens is 1. The molecule has 0 aliphatic carbocycles. The van der Waals surface area contributed by atoms with Gasteiger partial charge in [0.1, 0.15) is 0 Å². The van der Waals surface area contributed by atoms with Crippen LogP contribution >= 0.6 is 0 Å². The molecule has 0 spiro atoms. The molecule has 0 bridgehead atoms. The molecule has 3 rings (SSSR count). The van der Waals surface area contributed by atoms with Gasteiger partial charge in [-0.15, -0.1) is 0 Å². The third kappa shape index (κ3) is 2.44. The summed E-state index contributed by atoms with van der Waals surface area (Å²) in [6.45, 7) is 0. The number of fused-ring (bicyclic) bond motifs is 1. The van der Waals surface area contributed by atoms with Crippen molar-refractivity contribution in [1.29, 1.82) is 0 Å². The number of non-ortho nitro benzene ring substituents is 1. The van der Waals surface area contributed by atoms with Crippen molar-refractivity contribution in [3.8, 4) is 0 Å². The predicted molar refractivity (Wildman–Crippen MR) is 66.2 cm³/mol. The van der Waals surface area contributed by atoms with E-state index < -0.39 is 0 Å². The summed E-state index contributed by atoms with van der Waals surface area (Å²) < 4.78 is 2.25. The van der Waals surface area contributed by atoms with E-state index in [0.717, 1.165) is 18.4 Å². The smallest absolute Gasteiger partial charge is 0.269 e. The lowest BCUT2D eigenvalue weighted by Gasteiger charge is -2.06. The van der Waals surface area contributed by atoms with Gasteiger partial charge in [-0.1, -0.05) is 6.07 Å². The molecule has 1 aromatic heterocycles. The summed E-state index contributed by atoms with van der Waals surface area (Å²) in [4.78, 5) is 10.3. The van der Waals surface area contributed by atoms with Crippen LogP contribution in [-0.2, 0) is 6.42 Å². The molecule has 0 amide bonds. The van der Waals surface area contributed by atoms with Gasteiger partial charge in [-0.2, -0.15) is 4.57 Å². The van der Waals surface area contributed by atoms with Gasteiger partial charge in [0.05, 0.1) is 4.92 Å². The maximum Gasteiger partial charge on any atom is 0.269 e. The molecule has 0 radical (unpaired) electrons. The normalized spacial score (nSPS) is 16.5. The van der Waals surface area contributed by atoms with Crippen LogP contribution in [0.5, 0.6) is 0 Å². The minimum atomic E-state index is -0.362. The van der Waals surface area contributed by atoms with Gasteiger partial charge in [-0.25, -0.2) is 0 Å². The summed E-state index contributed by atoms with van der Waals surface area (Å²) in [5.41, 5.74) is 2.60. The van der Waals surface area contributed by atoms with Crippen molar-refractivity contribution < 1.29 is 21.9 Å². The van der Waals surface area contributed by atoms with Crippen LogP contribution in [0.25, 0.3) is 0 Å². The Kier molecular flexibility index (Phi) is 3.81. The van der Waals surface area contributed by atoms with Crippen LogP contribution < -0.4 is 17.0 Å². The first-order chi connectivity index (χ1) is 8.75. The Hall–Kier alpha value is -1.94. The van der Waals surface area contributed by atoms with E-state index >= 15 is 0 Å². The fourth-order valence-corrected chi connectivity index (χ4v) is 2.58. The molecule has 0 unspecified atom stereocenters. The lowest BCUT2D eigenvalue weighted by molar-refractivity contribution is -0.707.